The predicted octanol–water partition coefficient (Wildman–Crippen LogP) is 2.64. The smallest absolute Gasteiger partial charge is 0.326 e. The molecule has 0 radical (unpaired) electrons. The van der Waals surface area contributed by atoms with Gasteiger partial charge < -0.3 is 10.4 Å². The monoisotopic (exact) mass is 301 g/mol. The highest BCUT2D eigenvalue weighted by atomic mass is 19.1. The summed E-state index contributed by atoms with van der Waals surface area (Å²) in [6, 6.07) is -0.635. The molecule has 1 rings (SSSR count). The number of hydrogen-bond donors (Lipinski definition) is 2. The Morgan fingerprint density at radius 1 is 1.24 bits per heavy atom. The molecule has 0 spiro atoms. The molecule has 21 heavy (non-hydrogen) atoms. The van der Waals surface area contributed by atoms with Gasteiger partial charge in [0.15, 0.2) is 0 Å². The number of halogens is 3. The number of amides is 1. The number of allylic oxidation sites excluding steroid dienone is 1. The summed E-state index contributed by atoms with van der Waals surface area (Å²) in [5.41, 5.74) is -0.186. The number of benzene rings is 1. The van der Waals surface area contributed by atoms with Gasteiger partial charge in [0.2, 0.25) is 0 Å². The van der Waals surface area contributed by atoms with Gasteiger partial charge in [0, 0.05) is 12.1 Å². The van der Waals surface area contributed by atoms with Crippen LogP contribution in [0.5, 0.6) is 0 Å². The Kier molecular flexibility index (Phi) is 5.52. The van der Waals surface area contributed by atoms with Gasteiger partial charge in [-0.15, -0.1) is 0 Å². The van der Waals surface area contributed by atoms with Crippen molar-refractivity contribution in [3.05, 3.63) is 46.8 Å². The van der Waals surface area contributed by atoms with Crippen LogP contribution >= 0.6 is 0 Å². The molecule has 7 heteroatoms. The molecule has 0 saturated heterocycles. The van der Waals surface area contributed by atoms with Crippen molar-refractivity contribution in [3.63, 3.8) is 0 Å². The lowest BCUT2D eigenvalue weighted by atomic mass is 10.1. The summed E-state index contributed by atoms with van der Waals surface area (Å²) in [6.07, 6.45) is 1.53. The van der Waals surface area contributed by atoms with Crippen molar-refractivity contribution in [1.29, 1.82) is 0 Å². The lowest BCUT2D eigenvalue weighted by Gasteiger charge is -2.13. The Balaban J connectivity index is 2.98. The summed E-state index contributed by atoms with van der Waals surface area (Å²) in [6.45, 7) is 3.47. The van der Waals surface area contributed by atoms with E-state index < -0.39 is 40.9 Å². The fourth-order valence-corrected chi connectivity index (χ4v) is 1.56. The molecule has 0 saturated carbocycles. The van der Waals surface area contributed by atoms with E-state index in [4.69, 9.17) is 5.11 Å². The van der Waals surface area contributed by atoms with Crippen LogP contribution < -0.4 is 5.32 Å². The molecular weight excluding hydrogens is 287 g/mol. The summed E-state index contributed by atoms with van der Waals surface area (Å²) in [7, 11) is 0. The van der Waals surface area contributed by atoms with E-state index in [1.807, 2.05) is 5.32 Å². The molecular formula is C14H14F3NO3. The van der Waals surface area contributed by atoms with E-state index in [0.717, 1.165) is 5.57 Å². The Hall–Kier alpha value is -2.31. The Bertz CT molecular complexity index is 572. The van der Waals surface area contributed by atoms with E-state index >= 15 is 0 Å². The number of carbonyl (C=O) groups is 2. The molecule has 0 aromatic heterocycles. The van der Waals surface area contributed by atoms with Gasteiger partial charge in [-0.3, -0.25) is 4.79 Å². The molecule has 1 atom stereocenters. The van der Waals surface area contributed by atoms with Crippen molar-refractivity contribution in [2.24, 2.45) is 0 Å². The second kappa shape index (κ2) is 6.92. The molecule has 0 unspecified atom stereocenters. The van der Waals surface area contributed by atoms with Crippen molar-refractivity contribution in [2.45, 2.75) is 26.3 Å². The summed E-state index contributed by atoms with van der Waals surface area (Å²) in [5, 5.41) is 11.0. The van der Waals surface area contributed by atoms with Crippen LogP contribution in [0.1, 0.15) is 30.6 Å². The van der Waals surface area contributed by atoms with Crippen molar-refractivity contribution < 1.29 is 27.9 Å². The second-order valence-corrected chi connectivity index (χ2v) is 4.63. The SMILES string of the molecule is CC(C)=CC[C@H](NC(=O)c1c(F)cc(F)cc1F)C(=O)O. The maximum absolute atomic E-state index is 13.4. The van der Waals surface area contributed by atoms with E-state index in [-0.39, 0.29) is 6.42 Å². The number of carboxylic acids is 1. The van der Waals surface area contributed by atoms with E-state index in [1.165, 1.54) is 0 Å². The molecule has 1 aromatic rings. The first kappa shape index (κ1) is 16.7. The molecule has 0 aliphatic carbocycles. The fourth-order valence-electron chi connectivity index (χ4n) is 1.56. The molecule has 0 fully saturated rings. The highest BCUT2D eigenvalue weighted by molar-refractivity contribution is 5.97. The van der Waals surface area contributed by atoms with E-state index in [2.05, 4.69) is 0 Å². The number of nitrogens with one attached hydrogen (secondary N) is 1. The zero-order valence-electron chi connectivity index (χ0n) is 11.4. The van der Waals surface area contributed by atoms with Gasteiger partial charge in [0.05, 0.1) is 0 Å². The average molecular weight is 301 g/mol. The van der Waals surface area contributed by atoms with Crippen LogP contribution in [0.2, 0.25) is 0 Å². The molecule has 0 aliphatic rings. The van der Waals surface area contributed by atoms with Crippen molar-refractivity contribution in [1.82, 2.24) is 5.32 Å². The molecule has 114 valence electrons. The third-order valence-electron chi connectivity index (χ3n) is 2.60. The van der Waals surface area contributed by atoms with Gasteiger partial charge in [0.25, 0.3) is 5.91 Å². The summed E-state index contributed by atoms with van der Waals surface area (Å²) < 4.78 is 39.6. The van der Waals surface area contributed by atoms with Gasteiger partial charge >= 0.3 is 5.97 Å². The minimum Gasteiger partial charge on any atom is -0.480 e. The van der Waals surface area contributed by atoms with Crippen LogP contribution in [0.4, 0.5) is 13.2 Å². The average Bonchev–Trinajstić information content (AvgIpc) is 2.32. The standard InChI is InChI=1S/C14H14F3NO3/c1-7(2)3-4-11(14(20)21)18-13(19)12-9(16)5-8(15)6-10(12)17/h3,5-6,11H,4H2,1-2H3,(H,18,19)(H,20,21)/t11-/m0/s1. The lowest BCUT2D eigenvalue weighted by Crippen LogP contribution is -2.41. The minimum atomic E-state index is -1.39. The minimum absolute atomic E-state index is 0.0339. The fraction of sp³-hybridized carbons (Fsp3) is 0.286. The van der Waals surface area contributed by atoms with Crippen LogP contribution in [0, 0.1) is 17.5 Å². The van der Waals surface area contributed by atoms with Crippen LogP contribution in [0.25, 0.3) is 0 Å². The number of rotatable bonds is 5. The second-order valence-electron chi connectivity index (χ2n) is 4.63. The van der Waals surface area contributed by atoms with Crippen LogP contribution in [-0.4, -0.2) is 23.0 Å². The van der Waals surface area contributed by atoms with Gasteiger partial charge in [-0.2, -0.15) is 0 Å². The predicted molar refractivity (Wildman–Crippen MR) is 69.3 cm³/mol. The van der Waals surface area contributed by atoms with Crippen LogP contribution in [0.15, 0.2) is 23.8 Å². The summed E-state index contributed by atoms with van der Waals surface area (Å²) in [5.74, 6) is -6.54. The van der Waals surface area contributed by atoms with Crippen molar-refractivity contribution in [2.75, 3.05) is 0 Å². The Morgan fingerprint density at radius 3 is 2.19 bits per heavy atom. The van der Waals surface area contributed by atoms with Gasteiger partial charge in [-0.05, 0) is 20.3 Å². The van der Waals surface area contributed by atoms with Gasteiger partial charge in [0.1, 0.15) is 29.1 Å². The van der Waals surface area contributed by atoms with Gasteiger partial charge in [-0.25, -0.2) is 18.0 Å². The Morgan fingerprint density at radius 2 is 1.76 bits per heavy atom. The molecule has 4 nitrogen and oxygen atoms in total. The quantitative estimate of drug-likeness (QED) is 0.822. The number of carbonyl (C=O) groups excluding carboxylic acids is 1. The first-order valence-electron chi connectivity index (χ1n) is 6.04. The summed E-state index contributed by atoms with van der Waals surface area (Å²) >= 11 is 0. The topological polar surface area (TPSA) is 66.4 Å². The highest BCUT2D eigenvalue weighted by Crippen LogP contribution is 2.15. The number of hydrogen-bond acceptors (Lipinski definition) is 2. The molecule has 0 heterocycles. The first-order valence-corrected chi connectivity index (χ1v) is 6.04. The molecule has 1 amide bonds. The molecule has 0 aliphatic heterocycles. The van der Waals surface area contributed by atoms with E-state index in [1.54, 1.807) is 19.9 Å². The number of aliphatic carboxylic acids is 1. The van der Waals surface area contributed by atoms with E-state index in [0.29, 0.717) is 12.1 Å². The highest BCUT2D eigenvalue weighted by Gasteiger charge is 2.24. The van der Waals surface area contributed by atoms with Gasteiger partial charge in [-0.1, -0.05) is 11.6 Å². The molecule has 0 bridgehead atoms. The van der Waals surface area contributed by atoms with E-state index in [9.17, 15) is 22.8 Å². The third-order valence-corrected chi connectivity index (χ3v) is 2.60. The van der Waals surface area contributed by atoms with Crippen molar-refractivity contribution >= 4 is 11.9 Å². The summed E-state index contributed by atoms with van der Waals surface area (Å²) in [4.78, 5) is 22.8. The zero-order valence-corrected chi connectivity index (χ0v) is 11.4. The number of carboxylic acid groups (broad SMARTS) is 1. The maximum atomic E-state index is 13.4. The Labute approximate surface area is 119 Å². The zero-order chi connectivity index (χ0) is 16.2. The lowest BCUT2D eigenvalue weighted by molar-refractivity contribution is -0.139. The van der Waals surface area contributed by atoms with Crippen LogP contribution in [-0.2, 0) is 4.79 Å². The maximum Gasteiger partial charge on any atom is 0.326 e. The van der Waals surface area contributed by atoms with Crippen molar-refractivity contribution in [3.8, 4) is 0 Å². The third kappa shape index (κ3) is 4.62. The first-order chi connectivity index (χ1) is 9.72. The normalized spacial score (nSPS) is 11.7. The van der Waals surface area contributed by atoms with Crippen LogP contribution in [0.3, 0.4) is 0 Å². The largest absolute Gasteiger partial charge is 0.480 e. The molecule has 1 aromatic carbocycles. The molecule has 2 N–H and O–H groups in total.